The van der Waals surface area contributed by atoms with Gasteiger partial charge in [0.2, 0.25) is 5.91 Å². The van der Waals surface area contributed by atoms with Crippen LogP contribution in [0.4, 0.5) is 22.4 Å². The molecule has 23 heavy (non-hydrogen) atoms. The van der Waals surface area contributed by atoms with Gasteiger partial charge in [-0.2, -0.15) is 17.6 Å². The number of rotatable bonds is 3. The SMILES string of the molecule is CC1(C)C2CN(C(=O)CNC(=O)OC3CC(F)(F)C3(F)F)CC21. The first kappa shape index (κ1) is 16.3. The summed E-state index contributed by atoms with van der Waals surface area (Å²) in [5.41, 5.74) is 0.240. The van der Waals surface area contributed by atoms with Crippen LogP contribution in [0, 0.1) is 17.3 Å². The number of piperidine rings is 1. The molecular weight excluding hydrogens is 320 g/mol. The summed E-state index contributed by atoms with van der Waals surface area (Å²) >= 11 is 0. The lowest BCUT2D eigenvalue weighted by Gasteiger charge is -2.42. The van der Waals surface area contributed by atoms with Crippen LogP contribution >= 0.6 is 0 Å². The lowest BCUT2D eigenvalue weighted by molar-refractivity contribution is -0.329. The van der Waals surface area contributed by atoms with Gasteiger partial charge in [-0.15, -0.1) is 0 Å². The van der Waals surface area contributed by atoms with Gasteiger partial charge in [0.05, 0.1) is 6.42 Å². The predicted octanol–water partition coefficient (Wildman–Crippen LogP) is 1.87. The third-order valence-electron chi connectivity index (χ3n) is 5.44. The topological polar surface area (TPSA) is 58.6 Å². The van der Waals surface area contributed by atoms with Crippen LogP contribution < -0.4 is 5.32 Å². The molecule has 3 rings (SSSR count). The maximum atomic E-state index is 13.0. The highest BCUT2D eigenvalue weighted by Crippen LogP contribution is 2.61. The van der Waals surface area contributed by atoms with Crippen molar-refractivity contribution in [1.29, 1.82) is 0 Å². The number of alkyl carbamates (subject to hydrolysis) is 1. The number of nitrogens with zero attached hydrogens (tertiary/aromatic N) is 1. The molecule has 130 valence electrons. The highest BCUT2D eigenvalue weighted by Gasteiger charge is 2.74. The Labute approximate surface area is 130 Å². The molecule has 0 spiro atoms. The van der Waals surface area contributed by atoms with E-state index in [0.29, 0.717) is 24.9 Å². The molecule has 1 aliphatic heterocycles. The zero-order valence-corrected chi connectivity index (χ0v) is 12.7. The summed E-state index contributed by atoms with van der Waals surface area (Å²) < 4.78 is 55.4. The first-order chi connectivity index (χ1) is 10.5. The monoisotopic (exact) mass is 338 g/mol. The molecule has 1 saturated heterocycles. The fraction of sp³-hybridized carbons (Fsp3) is 0.857. The predicted molar refractivity (Wildman–Crippen MR) is 70.1 cm³/mol. The maximum Gasteiger partial charge on any atom is 0.408 e. The lowest BCUT2D eigenvalue weighted by Crippen LogP contribution is -2.64. The van der Waals surface area contributed by atoms with Gasteiger partial charge in [0, 0.05) is 13.1 Å². The van der Waals surface area contributed by atoms with E-state index in [9.17, 15) is 27.2 Å². The Kier molecular flexibility index (Phi) is 3.36. The van der Waals surface area contributed by atoms with Crippen molar-refractivity contribution in [2.24, 2.45) is 17.3 Å². The minimum absolute atomic E-state index is 0.240. The number of amides is 2. The first-order valence-electron chi connectivity index (χ1n) is 7.44. The molecule has 2 amide bonds. The molecular formula is C14H18F4N2O3. The quantitative estimate of drug-likeness (QED) is 0.800. The Balaban J connectivity index is 1.40. The standard InChI is InChI=1S/C14H18F4N2O3/c1-12(2)7-5-20(6-8(7)12)10(21)4-19-11(22)23-9-3-13(15,16)14(9,17)18/h7-9H,3-6H2,1-2H3,(H,19,22). The largest absolute Gasteiger partial charge is 0.439 e. The summed E-state index contributed by atoms with van der Waals surface area (Å²) in [5.74, 6) is -7.95. The van der Waals surface area contributed by atoms with E-state index in [1.54, 1.807) is 4.90 Å². The zero-order valence-electron chi connectivity index (χ0n) is 12.7. The van der Waals surface area contributed by atoms with Crippen LogP contribution in [0.5, 0.6) is 0 Å². The molecule has 2 aliphatic carbocycles. The number of nitrogens with one attached hydrogen (secondary N) is 1. The summed E-state index contributed by atoms with van der Waals surface area (Å²) in [7, 11) is 0. The van der Waals surface area contributed by atoms with E-state index >= 15 is 0 Å². The summed E-state index contributed by atoms with van der Waals surface area (Å²) in [5, 5.41) is 2.04. The summed E-state index contributed by atoms with van der Waals surface area (Å²) in [4.78, 5) is 24.9. The van der Waals surface area contributed by atoms with Crippen molar-refractivity contribution >= 4 is 12.0 Å². The molecule has 1 N–H and O–H groups in total. The molecule has 3 aliphatic rings. The molecule has 5 nitrogen and oxygen atoms in total. The van der Waals surface area contributed by atoms with Crippen LogP contribution in [-0.4, -0.2) is 54.5 Å². The van der Waals surface area contributed by atoms with Crippen molar-refractivity contribution < 1.29 is 31.9 Å². The molecule has 0 radical (unpaired) electrons. The van der Waals surface area contributed by atoms with Crippen molar-refractivity contribution in [3.8, 4) is 0 Å². The van der Waals surface area contributed by atoms with E-state index in [1.807, 2.05) is 5.32 Å². The van der Waals surface area contributed by atoms with Crippen LogP contribution in [0.1, 0.15) is 20.3 Å². The second-order valence-corrected chi connectivity index (χ2v) is 7.11. The van der Waals surface area contributed by atoms with E-state index in [1.165, 1.54) is 0 Å². The van der Waals surface area contributed by atoms with Gasteiger partial charge in [-0.25, -0.2) is 4.79 Å². The number of hydrogen-bond acceptors (Lipinski definition) is 3. The van der Waals surface area contributed by atoms with Gasteiger partial charge < -0.3 is 15.0 Å². The maximum absolute atomic E-state index is 13.0. The molecule has 1 heterocycles. The van der Waals surface area contributed by atoms with Gasteiger partial charge in [-0.1, -0.05) is 13.8 Å². The molecule has 0 aromatic heterocycles. The third kappa shape index (κ3) is 2.44. The highest BCUT2D eigenvalue weighted by atomic mass is 19.3. The van der Waals surface area contributed by atoms with Crippen molar-refractivity contribution in [2.75, 3.05) is 19.6 Å². The normalized spacial score (nSPS) is 35.0. The van der Waals surface area contributed by atoms with Crippen molar-refractivity contribution in [1.82, 2.24) is 10.2 Å². The minimum atomic E-state index is -4.36. The van der Waals surface area contributed by atoms with Crippen LogP contribution in [0.15, 0.2) is 0 Å². The van der Waals surface area contributed by atoms with E-state index < -0.39 is 37.0 Å². The van der Waals surface area contributed by atoms with Gasteiger partial charge in [-0.3, -0.25) is 4.79 Å². The average Bonchev–Trinajstić information content (AvgIpc) is 2.80. The number of ether oxygens (including phenoxy) is 1. The lowest BCUT2D eigenvalue weighted by atomic mass is 9.85. The fourth-order valence-electron chi connectivity index (χ4n) is 3.48. The van der Waals surface area contributed by atoms with Crippen molar-refractivity contribution in [3.63, 3.8) is 0 Å². The number of halogens is 4. The fourth-order valence-corrected chi connectivity index (χ4v) is 3.48. The van der Waals surface area contributed by atoms with Crippen molar-refractivity contribution in [2.45, 2.75) is 38.2 Å². The van der Waals surface area contributed by atoms with Crippen LogP contribution in [0.3, 0.4) is 0 Å². The third-order valence-corrected chi connectivity index (χ3v) is 5.44. The van der Waals surface area contributed by atoms with Crippen LogP contribution in [0.2, 0.25) is 0 Å². The first-order valence-corrected chi connectivity index (χ1v) is 7.44. The van der Waals surface area contributed by atoms with Crippen LogP contribution in [0.25, 0.3) is 0 Å². The molecule has 3 atom stereocenters. The molecule has 0 aromatic rings. The van der Waals surface area contributed by atoms with E-state index in [0.717, 1.165) is 0 Å². The number of alkyl halides is 4. The molecule has 3 unspecified atom stereocenters. The van der Waals surface area contributed by atoms with E-state index in [-0.39, 0.29) is 11.3 Å². The van der Waals surface area contributed by atoms with Gasteiger partial charge in [0.15, 0.2) is 6.10 Å². The number of likely N-dealkylation sites (tertiary alicyclic amines) is 1. The molecule has 2 saturated carbocycles. The van der Waals surface area contributed by atoms with Gasteiger partial charge in [0.25, 0.3) is 0 Å². The number of carbonyl (C=O) groups is 2. The second kappa shape index (κ2) is 4.73. The average molecular weight is 338 g/mol. The molecule has 3 fully saturated rings. The van der Waals surface area contributed by atoms with E-state index in [2.05, 4.69) is 18.6 Å². The summed E-state index contributed by atoms with van der Waals surface area (Å²) in [6.45, 7) is 5.09. The summed E-state index contributed by atoms with van der Waals surface area (Å²) in [6, 6.07) is 0. The van der Waals surface area contributed by atoms with Gasteiger partial charge >= 0.3 is 17.9 Å². The number of hydrogen-bond donors (Lipinski definition) is 1. The van der Waals surface area contributed by atoms with Crippen molar-refractivity contribution in [3.05, 3.63) is 0 Å². The van der Waals surface area contributed by atoms with Crippen LogP contribution in [-0.2, 0) is 9.53 Å². The highest BCUT2D eigenvalue weighted by molar-refractivity contribution is 5.82. The Hall–Kier alpha value is -1.54. The Morgan fingerprint density at radius 2 is 1.74 bits per heavy atom. The summed E-state index contributed by atoms with van der Waals surface area (Å²) in [6.07, 6.45) is -4.66. The van der Waals surface area contributed by atoms with E-state index in [4.69, 9.17) is 0 Å². The Morgan fingerprint density at radius 1 is 1.17 bits per heavy atom. The van der Waals surface area contributed by atoms with Gasteiger partial charge in [-0.05, 0) is 17.3 Å². The number of fused-ring (bicyclic) bond motifs is 1. The Bertz CT molecular complexity index is 538. The smallest absolute Gasteiger partial charge is 0.408 e. The second-order valence-electron chi connectivity index (χ2n) is 7.11. The molecule has 0 bridgehead atoms. The molecule has 9 heteroatoms. The Morgan fingerprint density at radius 3 is 2.22 bits per heavy atom. The van der Waals surface area contributed by atoms with Gasteiger partial charge in [0.1, 0.15) is 6.54 Å². The zero-order chi connectivity index (χ0) is 17.2. The minimum Gasteiger partial charge on any atom is -0.439 e. The molecule has 0 aromatic carbocycles. The number of carbonyl (C=O) groups excluding carboxylic acids is 2.